The molecule has 140 valence electrons. The number of aromatic nitrogens is 2. The van der Waals surface area contributed by atoms with Crippen molar-refractivity contribution in [2.75, 3.05) is 32.8 Å². The quantitative estimate of drug-likeness (QED) is 0.819. The molecule has 3 rings (SSSR count). The number of piperidine rings is 1. The molecule has 1 amide bonds. The number of rotatable bonds is 5. The second-order valence-corrected chi connectivity index (χ2v) is 7.43. The number of fused-ring (bicyclic) bond motifs is 1. The van der Waals surface area contributed by atoms with E-state index < -0.39 is 6.10 Å². The molecule has 1 saturated heterocycles. The van der Waals surface area contributed by atoms with Gasteiger partial charge in [0.2, 0.25) is 5.91 Å². The van der Waals surface area contributed by atoms with Crippen molar-refractivity contribution < 1.29 is 15.0 Å². The number of aliphatic hydroxyl groups excluding tert-OH is 2. The standard InChI is InChI=1S/C18H30N4O3/c1-14-3-9-21(10-4-14)18(25)5-8-20-6-2-7-22-15(12-20)11-16(19-22)17(24)13-23/h11,14,17,23-24H,2-10,12-13H2,1H3. The fourth-order valence-corrected chi connectivity index (χ4v) is 3.67. The maximum absolute atomic E-state index is 12.4. The molecule has 7 nitrogen and oxygen atoms in total. The first-order chi connectivity index (χ1) is 12.1. The van der Waals surface area contributed by atoms with Gasteiger partial charge in [-0.05, 0) is 31.2 Å². The molecule has 2 aliphatic heterocycles. The Kier molecular flexibility index (Phi) is 6.09. The zero-order valence-corrected chi connectivity index (χ0v) is 15.1. The van der Waals surface area contributed by atoms with E-state index in [1.165, 1.54) is 0 Å². The van der Waals surface area contributed by atoms with Crippen molar-refractivity contribution in [3.63, 3.8) is 0 Å². The molecule has 0 spiro atoms. The zero-order valence-electron chi connectivity index (χ0n) is 15.1. The Morgan fingerprint density at radius 3 is 2.80 bits per heavy atom. The SMILES string of the molecule is CC1CCN(C(=O)CCN2CCCn3nc(C(O)CO)cc3C2)CC1. The molecule has 1 aromatic heterocycles. The molecule has 3 heterocycles. The Hall–Kier alpha value is -1.44. The van der Waals surface area contributed by atoms with Crippen LogP contribution in [0.2, 0.25) is 0 Å². The summed E-state index contributed by atoms with van der Waals surface area (Å²) in [6, 6.07) is 1.87. The summed E-state index contributed by atoms with van der Waals surface area (Å²) >= 11 is 0. The first-order valence-electron chi connectivity index (χ1n) is 9.42. The molecule has 0 saturated carbocycles. The van der Waals surface area contributed by atoms with Crippen LogP contribution in [-0.2, 0) is 17.9 Å². The van der Waals surface area contributed by atoms with Crippen molar-refractivity contribution in [2.45, 2.75) is 51.8 Å². The third kappa shape index (κ3) is 4.59. The lowest BCUT2D eigenvalue weighted by Gasteiger charge is -2.31. The minimum atomic E-state index is -0.920. The fraction of sp³-hybridized carbons (Fsp3) is 0.778. The van der Waals surface area contributed by atoms with Crippen LogP contribution in [0, 0.1) is 5.92 Å². The minimum absolute atomic E-state index is 0.265. The smallest absolute Gasteiger partial charge is 0.223 e. The van der Waals surface area contributed by atoms with Gasteiger partial charge in [-0.15, -0.1) is 0 Å². The van der Waals surface area contributed by atoms with E-state index in [0.717, 1.165) is 70.1 Å². The normalized spacial score (nSPS) is 21.0. The van der Waals surface area contributed by atoms with Crippen molar-refractivity contribution in [1.29, 1.82) is 0 Å². The summed E-state index contributed by atoms with van der Waals surface area (Å²) in [7, 11) is 0. The summed E-state index contributed by atoms with van der Waals surface area (Å²) < 4.78 is 1.92. The summed E-state index contributed by atoms with van der Waals surface area (Å²) in [6.45, 7) is 6.98. The van der Waals surface area contributed by atoms with E-state index in [2.05, 4.69) is 16.9 Å². The van der Waals surface area contributed by atoms with Gasteiger partial charge in [0.1, 0.15) is 6.10 Å². The van der Waals surface area contributed by atoms with Gasteiger partial charge in [-0.25, -0.2) is 0 Å². The van der Waals surface area contributed by atoms with Crippen LogP contribution >= 0.6 is 0 Å². The molecular weight excluding hydrogens is 320 g/mol. The molecule has 2 aliphatic rings. The van der Waals surface area contributed by atoms with Crippen molar-refractivity contribution in [2.24, 2.45) is 5.92 Å². The number of aryl methyl sites for hydroxylation is 1. The number of carbonyl (C=O) groups is 1. The molecule has 1 unspecified atom stereocenters. The van der Waals surface area contributed by atoms with Crippen LogP contribution in [-0.4, -0.2) is 68.5 Å². The average molecular weight is 350 g/mol. The molecule has 25 heavy (non-hydrogen) atoms. The molecule has 0 aromatic carbocycles. The summed E-state index contributed by atoms with van der Waals surface area (Å²) in [5.74, 6) is 0.999. The number of hydrogen-bond acceptors (Lipinski definition) is 5. The molecule has 0 bridgehead atoms. The van der Waals surface area contributed by atoms with E-state index in [4.69, 9.17) is 5.11 Å². The van der Waals surface area contributed by atoms with Crippen molar-refractivity contribution in [1.82, 2.24) is 19.6 Å². The Morgan fingerprint density at radius 2 is 2.08 bits per heavy atom. The van der Waals surface area contributed by atoms with E-state index in [9.17, 15) is 9.90 Å². The minimum Gasteiger partial charge on any atom is -0.393 e. The molecule has 2 N–H and O–H groups in total. The van der Waals surface area contributed by atoms with Crippen LogP contribution in [0.15, 0.2) is 6.07 Å². The molecule has 0 radical (unpaired) electrons. The van der Waals surface area contributed by atoms with Gasteiger partial charge in [-0.2, -0.15) is 5.10 Å². The van der Waals surface area contributed by atoms with Crippen LogP contribution in [0.4, 0.5) is 0 Å². The third-order valence-electron chi connectivity index (χ3n) is 5.40. The second kappa shape index (κ2) is 8.29. The van der Waals surface area contributed by atoms with Gasteiger partial charge in [0.15, 0.2) is 0 Å². The summed E-state index contributed by atoms with van der Waals surface area (Å²) in [5, 5.41) is 23.3. The van der Waals surface area contributed by atoms with Crippen molar-refractivity contribution in [3.8, 4) is 0 Å². The molecule has 0 aliphatic carbocycles. The highest BCUT2D eigenvalue weighted by atomic mass is 16.3. The summed E-state index contributed by atoms with van der Waals surface area (Å²) in [6.07, 6.45) is 2.85. The number of nitrogens with zero attached hydrogens (tertiary/aromatic N) is 4. The highest BCUT2D eigenvalue weighted by Gasteiger charge is 2.23. The highest BCUT2D eigenvalue weighted by Crippen LogP contribution is 2.19. The predicted octanol–water partition coefficient (Wildman–Crippen LogP) is 0.763. The van der Waals surface area contributed by atoms with Crippen LogP contribution in [0.3, 0.4) is 0 Å². The molecule has 1 atom stereocenters. The second-order valence-electron chi connectivity index (χ2n) is 7.43. The molecule has 1 aromatic rings. The van der Waals surface area contributed by atoms with E-state index >= 15 is 0 Å². The van der Waals surface area contributed by atoms with Crippen LogP contribution in [0.25, 0.3) is 0 Å². The molecular formula is C18H30N4O3. The zero-order chi connectivity index (χ0) is 17.8. The van der Waals surface area contributed by atoms with E-state index in [-0.39, 0.29) is 12.5 Å². The number of aliphatic hydroxyl groups is 2. The Morgan fingerprint density at radius 1 is 1.32 bits per heavy atom. The molecule has 1 fully saturated rings. The van der Waals surface area contributed by atoms with Crippen molar-refractivity contribution >= 4 is 5.91 Å². The van der Waals surface area contributed by atoms with Gasteiger partial charge >= 0.3 is 0 Å². The van der Waals surface area contributed by atoms with Crippen LogP contribution < -0.4 is 0 Å². The number of likely N-dealkylation sites (tertiary alicyclic amines) is 1. The van der Waals surface area contributed by atoms with E-state index in [1.807, 2.05) is 15.6 Å². The molecule has 7 heteroatoms. The maximum Gasteiger partial charge on any atom is 0.223 e. The van der Waals surface area contributed by atoms with Gasteiger partial charge in [0.25, 0.3) is 0 Å². The number of hydrogen-bond donors (Lipinski definition) is 2. The largest absolute Gasteiger partial charge is 0.393 e. The van der Waals surface area contributed by atoms with E-state index in [1.54, 1.807) is 0 Å². The fourth-order valence-electron chi connectivity index (χ4n) is 3.67. The Labute approximate surface area is 149 Å². The third-order valence-corrected chi connectivity index (χ3v) is 5.40. The number of amides is 1. The van der Waals surface area contributed by atoms with Gasteiger partial charge in [-0.1, -0.05) is 6.92 Å². The van der Waals surface area contributed by atoms with Gasteiger partial charge in [-0.3, -0.25) is 14.4 Å². The predicted molar refractivity (Wildman–Crippen MR) is 93.8 cm³/mol. The summed E-state index contributed by atoms with van der Waals surface area (Å²) in [5.41, 5.74) is 1.57. The van der Waals surface area contributed by atoms with Crippen LogP contribution in [0.1, 0.15) is 50.1 Å². The van der Waals surface area contributed by atoms with Crippen LogP contribution in [0.5, 0.6) is 0 Å². The first kappa shape index (κ1) is 18.4. The monoisotopic (exact) mass is 350 g/mol. The topological polar surface area (TPSA) is 81.8 Å². The lowest BCUT2D eigenvalue weighted by atomic mass is 9.99. The Bertz CT molecular complexity index is 581. The lowest BCUT2D eigenvalue weighted by molar-refractivity contribution is -0.132. The average Bonchev–Trinajstić information content (AvgIpc) is 2.92. The Balaban J connectivity index is 1.53. The maximum atomic E-state index is 12.4. The summed E-state index contributed by atoms with van der Waals surface area (Å²) in [4.78, 5) is 16.7. The first-order valence-corrected chi connectivity index (χ1v) is 9.42. The lowest BCUT2D eigenvalue weighted by Crippen LogP contribution is -2.39. The van der Waals surface area contributed by atoms with Gasteiger partial charge in [0.05, 0.1) is 18.0 Å². The van der Waals surface area contributed by atoms with E-state index in [0.29, 0.717) is 12.1 Å². The highest BCUT2D eigenvalue weighted by molar-refractivity contribution is 5.76. The van der Waals surface area contributed by atoms with Crippen molar-refractivity contribution in [3.05, 3.63) is 17.5 Å². The number of carbonyl (C=O) groups excluding carboxylic acids is 1. The van der Waals surface area contributed by atoms with Gasteiger partial charge in [0, 0.05) is 45.7 Å². The van der Waals surface area contributed by atoms with Gasteiger partial charge < -0.3 is 15.1 Å².